The van der Waals surface area contributed by atoms with Crippen LogP contribution in [0.1, 0.15) is 0 Å². The summed E-state index contributed by atoms with van der Waals surface area (Å²) in [5.41, 5.74) is 15.4. The summed E-state index contributed by atoms with van der Waals surface area (Å²) in [6.07, 6.45) is 0. The van der Waals surface area contributed by atoms with Crippen molar-refractivity contribution in [1.82, 2.24) is 0 Å². The van der Waals surface area contributed by atoms with Gasteiger partial charge in [0, 0.05) is 46.9 Å². The van der Waals surface area contributed by atoms with E-state index in [0.29, 0.717) is 0 Å². The molecule has 5 heteroatoms. The first kappa shape index (κ1) is 48.8. The molecule has 0 unspecified atom stereocenters. The molecular formula is C68H49Br3N2. The Kier molecular flexibility index (Phi) is 15.8. The Hall–Kier alpha value is -7.80. The molecule has 0 fully saturated rings. The number of rotatable bonds is 9. The van der Waals surface area contributed by atoms with Gasteiger partial charge in [-0.1, -0.05) is 242 Å². The molecule has 0 aliphatic carbocycles. The number of nitrogens with zero attached hydrogens (tertiary/aromatic N) is 1. The zero-order valence-corrected chi connectivity index (χ0v) is 44.6. The van der Waals surface area contributed by atoms with Crippen molar-refractivity contribution < 1.29 is 0 Å². The maximum atomic E-state index is 3.60. The van der Waals surface area contributed by atoms with E-state index < -0.39 is 0 Å². The van der Waals surface area contributed by atoms with E-state index in [9.17, 15) is 0 Å². The van der Waals surface area contributed by atoms with Crippen LogP contribution in [0.5, 0.6) is 0 Å². The van der Waals surface area contributed by atoms with Crippen LogP contribution in [0.4, 0.5) is 28.4 Å². The van der Waals surface area contributed by atoms with Crippen molar-refractivity contribution in [2.45, 2.75) is 0 Å². The van der Waals surface area contributed by atoms with Crippen molar-refractivity contribution in [3.05, 3.63) is 305 Å². The van der Waals surface area contributed by atoms with Crippen molar-refractivity contribution in [2.75, 3.05) is 10.2 Å². The first-order valence-corrected chi connectivity index (χ1v) is 26.5. The molecular weight excluding hydrogens is 1080 g/mol. The summed E-state index contributed by atoms with van der Waals surface area (Å²) >= 11 is 10.7. The highest BCUT2D eigenvalue weighted by Crippen LogP contribution is 2.40. The van der Waals surface area contributed by atoms with Gasteiger partial charge in [0.2, 0.25) is 0 Å². The van der Waals surface area contributed by atoms with Gasteiger partial charge in [-0.3, -0.25) is 0 Å². The summed E-state index contributed by atoms with van der Waals surface area (Å²) in [6.45, 7) is 0. The molecule has 0 amide bonds. The average Bonchev–Trinajstić information content (AvgIpc) is 3.44. The van der Waals surface area contributed by atoms with Gasteiger partial charge in [0.25, 0.3) is 0 Å². The number of benzene rings is 12. The van der Waals surface area contributed by atoms with E-state index >= 15 is 0 Å². The molecule has 12 aromatic carbocycles. The summed E-state index contributed by atoms with van der Waals surface area (Å²) in [5.74, 6) is 0. The second-order valence-electron chi connectivity index (χ2n) is 17.4. The van der Waals surface area contributed by atoms with E-state index in [2.05, 4.69) is 319 Å². The van der Waals surface area contributed by atoms with Gasteiger partial charge in [-0.25, -0.2) is 0 Å². The lowest BCUT2D eigenvalue weighted by molar-refractivity contribution is 1.30. The third kappa shape index (κ3) is 12.3. The van der Waals surface area contributed by atoms with Crippen LogP contribution >= 0.6 is 47.8 Å². The number of anilines is 5. The van der Waals surface area contributed by atoms with Crippen LogP contribution in [0.15, 0.2) is 305 Å². The lowest BCUT2D eigenvalue weighted by Crippen LogP contribution is -2.10. The Bertz CT molecular complexity index is 3710. The lowest BCUT2D eigenvalue weighted by Gasteiger charge is -2.27. The van der Waals surface area contributed by atoms with E-state index in [1.165, 1.54) is 71.7 Å². The van der Waals surface area contributed by atoms with Gasteiger partial charge >= 0.3 is 0 Å². The van der Waals surface area contributed by atoms with Crippen LogP contribution in [0.3, 0.4) is 0 Å². The van der Waals surface area contributed by atoms with Gasteiger partial charge in [-0.2, -0.15) is 0 Å². The highest BCUT2D eigenvalue weighted by atomic mass is 79.9. The molecule has 0 atom stereocenters. The van der Waals surface area contributed by atoms with Gasteiger partial charge < -0.3 is 10.2 Å². The fraction of sp³-hybridized carbons (Fsp3) is 0. The molecule has 0 aromatic heterocycles. The summed E-state index contributed by atoms with van der Waals surface area (Å²) in [6, 6.07) is 102. The predicted molar refractivity (Wildman–Crippen MR) is 324 cm³/mol. The number of para-hydroxylation sites is 2. The highest BCUT2D eigenvalue weighted by molar-refractivity contribution is 9.11. The first-order valence-electron chi connectivity index (χ1n) is 24.1. The quantitative estimate of drug-likeness (QED) is 0.155. The first-order chi connectivity index (χ1) is 35.9. The number of hydrogen-bond donors (Lipinski definition) is 1. The van der Waals surface area contributed by atoms with E-state index in [4.69, 9.17) is 0 Å². The molecule has 12 aromatic rings. The molecule has 0 heterocycles. The molecule has 0 bridgehead atoms. The van der Waals surface area contributed by atoms with Crippen LogP contribution in [0.2, 0.25) is 0 Å². The fourth-order valence-corrected chi connectivity index (χ4v) is 10.2. The molecule has 0 saturated carbocycles. The predicted octanol–water partition coefficient (Wildman–Crippen LogP) is 21.5. The van der Waals surface area contributed by atoms with Gasteiger partial charge in [-0.05, 0) is 152 Å². The molecule has 0 radical (unpaired) electrons. The van der Waals surface area contributed by atoms with Gasteiger partial charge in [0.15, 0.2) is 0 Å². The van der Waals surface area contributed by atoms with Crippen LogP contribution < -0.4 is 10.2 Å². The minimum atomic E-state index is 1.08. The zero-order chi connectivity index (χ0) is 49.8. The molecule has 0 saturated heterocycles. The Morgan fingerprint density at radius 1 is 0.260 bits per heavy atom. The van der Waals surface area contributed by atoms with Crippen LogP contribution in [0.25, 0.3) is 66.1 Å². The SMILES string of the molecule is Brc1cccc(-c2cccc(-c3cccc(Br)c3)c2)c1.Brc1cccc(-c2cccc(-c3cccc(N(c4ccccc4)c4cccc5ccccc45)c3)c2)c1.c1ccc(Nc2cccc3ccccc23)cc1. The van der Waals surface area contributed by atoms with Crippen molar-refractivity contribution in [1.29, 1.82) is 0 Å². The van der Waals surface area contributed by atoms with Crippen molar-refractivity contribution in [2.24, 2.45) is 0 Å². The Labute approximate surface area is 453 Å². The summed E-state index contributed by atoms with van der Waals surface area (Å²) in [4.78, 5) is 2.35. The normalized spacial score (nSPS) is 10.7. The van der Waals surface area contributed by atoms with Crippen LogP contribution in [0, 0.1) is 0 Å². The molecule has 2 nitrogen and oxygen atoms in total. The minimum Gasteiger partial charge on any atom is -0.355 e. The standard InChI is InChI=1S/C34H24BrN.C18H12Br2.C16H13N/c35-30-16-7-14-28(23-30)26-12-6-13-27(22-26)29-15-8-19-32(24-29)36(31-17-2-1-3-18-31)34-21-9-11-25-10-4-5-20-33(25)34;19-17-8-2-6-15(11-17)13-4-1-5-14(10-13)16-7-3-9-18(20)12-16;1-2-9-14(10-3-1)17-16-12-6-8-13-7-4-5-11-15(13)16/h1-24H;1-12H;1-12,17H. The maximum absolute atomic E-state index is 3.60. The average molecular weight is 1130 g/mol. The minimum absolute atomic E-state index is 1.08. The van der Waals surface area contributed by atoms with E-state index in [1.807, 2.05) is 30.3 Å². The molecule has 0 aliphatic heterocycles. The molecule has 1 N–H and O–H groups in total. The van der Waals surface area contributed by atoms with Crippen molar-refractivity contribution in [3.63, 3.8) is 0 Å². The topological polar surface area (TPSA) is 15.3 Å². The van der Waals surface area contributed by atoms with Crippen LogP contribution in [-0.2, 0) is 0 Å². The highest BCUT2D eigenvalue weighted by Gasteiger charge is 2.16. The van der Waals surface area contributed by atoms with E-state index in [0.717, 1.165) is 36.2 Å². The third-order valence-electron chi connectivity index (χ3n) is 12.5. The second-order valence-corrected chi connectivity index (χ2v) is 20.2. The molecule has 12 rings (SSSR count). The largest absolute Gasteiger partial charge is 0.355 e. The molecule has 0 spiro atoms. The van der Waals surface area contributed by atoms with Crippen molar-refractivity contribution in [3.8, 4) is 44.5 Å². The smallest absolute Gasteiger partial charge is 0.0540 e. The Morgan fingerprint density at radius 2 is 0.616 bits per heavy atom. The Morgan fingerprint density at radius 3 is 1.14 bits per heavy atom. The van der Waals surface area contributed by atoms with E-state index in [-0.39, 0.29) is 0 Å². The Balaban J connectivity index is 0.000000139. The zero-order valence-electron chi connectivity index (χ0n) is 39.8. The third-order valence-corrected chi connectivity index (χ3v) is 14.0. The molecule has 352 valence electrons. The van der Waals surface area contributed by atoms with Crippen LogP contribution in [-0.4, -0.2) is 0 Å². The number of halogens is 3. The maximum Gasteiger partial charge on any atom is 0.0540 e. The summed E-state index contributed by atoms with van der Waals surface area (Å²) < 4.78 is 3.28. The molecule has 0 aliphatic rings. The summed E-state index contributed by atoms with van der Waals surface area (Å²) in [5, 5.41) is 8.41. The lowest BCUT2D eigenvalue weighted by atomic mass is 9.98. The van der Waals surface area contributed by atoms with Gasteiger partial charge in [-0.15, -0.1) is 0 Å². The number of hydrogen-bond acceptors (Lipinski definition) is 2. The van der Waals surface area contributed by atoms with Crippen molar-refractivity contribution >= 4 is 97.8 Å². The summed E-state index contributed by atoms with van der Waals surface area (Å²) in [7, 11) is 0. The number of nitrogens with one attached hydrogen (secondary N) is 1. The van der Waals surface area contributed by atoms with Gasteiger partial charge in [0.1, 0.15) is 0 Å². The number of fused-ring (bicyclic) bond motifs is 2. The fourth-order valence-electron chi connectivity index (χ4n) is 9.00. The molecule has 73 heavy (non-hydrogen) atoms. The monoisotopic (exact) mass is 1130 g/mol. The van der Waals surface area contributed by atoms with E-state index in [1.54, 1.807) is 0 Å². The second kappa shape index (κ2) is 23.6. The van der Waals surface area contributed by atoms with Gasteiger partial charge in [0.05, 0.1) is 5.69 Å².